The molecule has 0 saturated carbocycles. The molecular formula is C20H17ClN2O5. The molecule has 1 aliphatic rings. The van der Waals surface area contributed by atoms with Gasteiger partial charge in [-0.05, 0) is 18.2 Å². The van der Waals surface area contributed by atoms with Gasteiger partial charge < -0.3 is 19.2 Å². The molecule has 1 N–H and O–H groups in total. The maximum atomic E-state index is 12.5. The number of para-hydroxylation sites is 1. The number of nitrogens with one attached hydrogen (secondary N) is 1. The van der Waals surface area contributed by atoms with Crippen LogP contribution >= 0.6 is 11.6 Å². The first kappa shape index (κ1) is 18.5. The van der Waals surface area contributed by atoms with E-state index in [4.69, 9.17) is 25.5 Å². The average molecular weight is 401 g/mol. The molecule has 4 rings (SSSR count). The summed E-state index contributed by atoms with van der Waals surface area (Å²) in [5.41, 5.74) is 0.0645. The third-order valence-electron chi connectivity index (χ3n) is 4.41. The highest BCUT2D eigenvalue weighted by atomic mass is 35.5. The van der Waals surface area contributed by atoms with E-state index in [2.05, 4.69) is 10.3 Å². The zero-order valence-corrected chi connectivity index (χ0v) is 15.6. The Balaban J connectivity index is 1.51. The molecule has 1 aromatic carbocycles. The normalized spacial score (nSPS) is 14.8. The van der Waals surface area contributed by atoms with Crippen LogP contribution in [0.1, 0.15) is 23.2 Å². The number of carbonyl (C=O) groups is 1. The Morgan fingerprint density at radius 3 is 2.79 bits per heavy atom. The number of fused-ring (bicyclic) bond motifs is 1. The molecule has 0 bridgehead atoms. The van der Waals surface area contributed by atoms with Crippen LogP contribution in [0.25, 0.3) is 11.0 Å². The van der Waals surface area contributed by atoms with E-state index in [-0.39, 0.29) is 28.3 Å². The lowest BCUT2D eigenvalue weighted by atomic mass is 10.1. The van der Waals surface area contributed by atoms with Crippen molar-refractivity contribution in [1.29, 1.82) is 0 Å². The summed E-state index contributed by atoms with van der Waals surface area (Å²) in [5.74, 6) is -0.245. The van der Waals surface area contributed by atoms with E-state index in [0.717, 1.165) is 12.8 Å². The molecule has 0 radical (unpaired) electrons. The van der Waals surface area contributed by atoms with Crippen molar-refractivity contribution in [3.05, 3.63) is 63.6 Å². The number of amides is 1. The van der Waals surface area contributed by atoms with Crippen LogP contribution in [-0.2, 0) is 4.74 Å². The summed E-state index contributed by atoms with van der Waals surface area (Å²) < 4.78 is 16.3. The van der Waals surface area contributed by atoms with Gasteiger partial charge in [-0.15, -0.1) is 0 Å². The van der Waals surface area contributed by atoms with Crippen LogP contribution in [0.4, 0.5) is 5.69 Å². The minimum absolute atomic E-state index is 0.0133. The number of nitrogens with zero attached hydrogens (tertiary/aromatic N) is 1. The zero-order valence-electron chi connectivity index (χ0n) is 14.8. The van der Waals surface area contributed by atoms with Gasteiger partial charge in [0.1, 0.15) is 22.4 Å². The third kappa shape index (κ3) is 4.00. The first-order valence-electron chi connectivity index (χ1n) is 8.84. The number of pyridine rings is 1. The summed E-state index contributed by atoms with van der Waals surface area (Å²) in [6.07, 6.45) is 2.87. The number of benzene rings is 1. The molecule has 0 aliphatic carbocycles. The van der Waals surface area contributed by atoms with Gasteiger partial charge >= 0.3 is 5.63 Å². The second kappa shape index (κ2) is 8.00. The van der Waals surface area contributed by atoms with Crippen molar-refractivity contribution in [3.8, 4) is 5.88 Å². The number of ether oxygens (including phenoxy) is 2. The molecule has 144 valence electrons. The average Bonchev–Trinajstić information content (AvgIpc) is 2.71. The van der Waals surface area contributed by atoms with E-state index in [1.807, 2.05) is 6.07 Å². The van der Waals surface area contributed by atoms with Gasteiger partial charge in [-0.25, -0.2) is 9.78 Å². The van der Waals surface area contributed by atoms with E-state index >= 15 is 0 Å². The second-order valence-electron chi connectivity index (χ2n) is 6.38. The molecule has 1 amide bonds. The van der Waals surface area contributed by atoms with Crippen LogP contribution in [0.2, 0.25) is 5.02 Å². The number of hydrogen-bond acceptors (Lipinski definition) is 6. The SMILES string of the molecule is O=C(Nc1cc2ccccc2oc1=O)c1cnc(OC2CCOCC2)c(Cl)c1. The summed E-state index contributed by atoms with van der Waals surface area (Å²) in [7, 11) is 0. The van der Waals surface area contributed by atoms with Crippen LogP contribution in [0.5, 0.6) is 5.88 Å². The lowest BCUT2D eigenvalue weighted by molar-refractivity contribution is 0.0238. The van der Waals surface area contributed by atoms with Crippen molar-refractivity contribution in [2.75, 3.05) is 18.5 Å². The highest BCUT2D eigenvalue weighted by molar-refractivity contribution is 6.32. The Hall–Kier alpha value is -2.90. The highest BCUT2D eigenvalue weighted by Crippen LogP contribution is 2.26. The minimum atomic E-state index is -0.634. The van der Waals surface area contributed by atoms with E-state index in [1.165, 1.54) is 12.3 Å². The number of rotatable bonds is 4. The Morgan fingerprint density at radius 1 is 1.21 bits per heavy atom. The van der Waals surface area contributed by atoms with Crippen molar-refractivity contribution in [1.82, 2.24) is 4.98 Å². The van der Waals surface area contributed by atoms with Crippen molar-refractivity contribution in [2.45, 2.75) is 18.9 Å². The maximum absolute atomic E-state index is 12.5. The number of hydrogen-bond donors (Lipinski definition) is 1. The maximum Gasteiger partial charge on any atom is 0.360 e. The van der Waals surface area contributed by atoms with Crippen LogP contribution in [-0.4, -0.2) is 30.2 Å². The molecular weight excluding hydrogens is 384 g/mol. The molecule has 1 aliphatic heterocycles. The van der Waals surface area contributed by atoms with E-state index in [1.54, 1.807) is 24.3 Å². The zero-order chi connectivity index (χ0) is 19.5. The smallest absolute Gasteiger partial charge is 0.360 e. The standard InChI is InChI=1S/C20H17ClN2O5/c21-15-9-13(11-22-19(15)27-14-5-7-26-8-6-14)18(24)23-16-10-12-3-1-2-4-17(12)28-20(16)25/h1-4,9-11,14H,5-8H2,(H,23,24). The first-order chi connectivity index (χ1) is 13.6. The third-order valence-corrected chi connectivity index (χ3v) is 4.68. The first-order valence-corrected chi connectivity index (χ1v) is 9.22. The summed E-state index contributed by atoms with van der Waals surface area (Å²) >= 11 is 6.23. The summed E-state index contributed by atoms with van der Waals surface area (Å²) in [5, 5.41) is 3.47. The minimum Gasteiger partial charge on any atom is -0.473 e. The van der Waals surface area contributed by atoms with Crippen molar-refractivity contribution < 1.29 is 18.7 Å². The Bertz CT molecular complexity index is 1080. The number of halogens is 1. The summed E-state index contributed by atoms with van der Waals surface area (Å²) in [6.45, 7) is 1.27. The largest absolute Gasteiger partial charge is 0.473 e. The van der Waals surface area contributed by atoms with Crippen LogP contribution in [0, 0.1) is 0 Å². The Labute approximate surface area is 165 Å². The topological polar surface area (TPSA) is 90.7 Å². The molecule has 0 spiro atoms. The lowest BCUT2D eigenvalue weighted by Gasteiger charge is -2.23. The number of anilines is 1. The van der Waals surface area contributed by atoms with Gasteiger partial charge in [-0.2, -0.15) is 0 Å². The second-order valence-corrected chi connectivity index (χ2v) is 6.79. The number of carbonyl (C=O) groups excluding carboxylic acids is 1. The van der Waals surface area contributed by atoms with Crippen molar-refractivity contribution in [3.63, 3.8) is 0 Å². The molecule has 8 heteroatoms. The lowest BCUT2D eigenvalue weighted by Crippen LogP contribution is -2.26. The van der Waals surface area contributed by atoms with Crippen LogP contribution < -0.4 is 15.7 Å². The van der Waals surface area contributed by atoms with E-state index in [9.17, 15) is 9.59 Å². The van der Waals surface area contributed by atoms with Gasteiger partial charge in [0.2, 0.25) is 5.88 Å². The summed E-state index contributed by atoms with van der Waals surface area (Å²) in [6, 6.07) is 10.1. The van der Waals surface area contributed by atoms with Gasteiger partial charge in [0.25, 0.3) is 5.91 Å². The van der Waals surface area contributed by atoms with E-state index in [0.29, 0.717) is 24.2 Å². The fourth-order valence-electron chi connectivity index (χ4n) is 2.93. The molecule has 0 unspecified atom stereocenters. The molecule has 1 fully saturated rings. The molecule has 1 saturated heterocycles. The Kier molecular flexibility index (Phi) is 5.27. The van der Waals surface area contributed by atoms with Crippen molar-refractivity contribution in [2.24, 2.45) is 0 Å². The van der Waals surface area contributed by atoms with Crippen LogP contribution in [0.15, 0.2) is 51.8 Å². The van der Waals surface area contributed by atoms with Gasteiger partial charge in [0, 0.05) is 24.4 Å². The highest BCUT2D eigenvalue weighted by Gasteiger charge is 2.19. The van der Waals surface area contributed by atoms with E-state index < -0.39 is 11.5 Å². The molecule has 3 heterocycles. The van der Waals surface area contributed by atoms with Crippen LogP contribution in [0.3, 0.4) is 0 Å². The van der Waals surface area contributed by atoms with Gasteiger partial charge in [0.15, 0.2) is 0 Å². The predicted molar refractivity (Wildman–Crippen MR) is 104 cm³/mol. The quantitative estimate of drug-likeness (QED) is 0.672. The predicted octanol–water partition coefficient (Wildman–Crippen LogP) is 3.65. The fraction of sp³-hybridized carbons (Fsp3) is 0.250. The van der Waals surface area contributed by atoms with Gasteiger partial charge in [-0.1, -0.05) is 29.8 Å². The monoisotopic (exact) mass is 400 g/mol. The van der Waals surface area contributed by atoms with Crippen molar-refractivity contribution >= 4 is 34.2 Å². The summed E-state index contributed by atoms with van der Waals surface area (Å²) in [4.78, 5) is 28.7. The molecule has 0 atom stereocenters. The van der Waals surface area contributed by atoms with Gasteiger partial charge in [-0.3, -0.25) is 4.79 Å². The number of aromatic nitrogens is 1. The Morgan fingerprint density at radius 2 is 2.00 bits per heavy atom. The molecule has 7 nitrogen and oxygen atoms in total. The molecule has 3 aromatic rings. The fourth-order valence-corrected chi connectivity index (χ4v) is 3.14. The molecule has 28 heavy (non-hydrogen) atoms. The van der Waals surface area contributed by atoms with Gasteiger partial charge in [0.05, 0.1) is 18.8 Å². The molecule has 2 aromatic heterocycles.